The van der Waals surface area contributed by atoms with Crippen LogP contribution < -0.4 is 16.8 Å². The molecule has 0 radical (unpaired) electrons. The maximum Gasteiger partial charge on any atom is 0.330 e. The van der Waals surface area contributed by atoms with Crippen molar-refractivity contribution in [3.63, 3.8) is 0 Å². The number of imidazole rings is 1. The molecule has 0 saturated heterocycles. The van der Waals surface area contributed by atoms with E-state index in [0.717, 1.165) is 12.8 Å². The number of nitrogens with one attached hydrogen (secondary N) is 2. The third-order valence-corrected chi connectivity index (χ3v) is 5.66. The van der Waals surface area contributed by atoms with Gasteiger partial charge in [0.05, 0.1) is 10.9 Å². The van der Waals surface area contributed by atoms with Crippen molar-refractivity contribution in [3.8, 4) is 0 Å². The summed E-state index contributed by atoms with van der Waals surface area (Å²) < 4.78 is 8.32. The Balaban J connectivity index is 1.40. The number of carbonyl (C=O) groups excluding carboxylic acids is 1. The maximum atomic E-state index is 12.3. The van der Waals surface area contributed by atoms with E-state index in [1.54, 1.807) is 25.2 Å². The zero-order chi connectivity index (χ0) is 24.2. The largest absolute Gasteiger partial charge is 0.458 e. The van der Waals surface area contributed by atoms with Crippen molar-refractivity contribution in [2.45, 2.75) is 52.2 Å². The van der Waals surface area contributed by atoms with Gasteiger partial charge in [-0.3, -0.25) is 23.9 Å². The Morgan fingerprint density at radius 2 is 1.85 bits per heavy atom. The first-order chi connectivity index (χ1) is 16.4. The second-order valence-corrected chi connectivity index (χ2v) is 8.07. The summed E-state index contributed by atoms with van der Waals surface area (Å²) in [6, 6.07) is 7.07. The predicted molar refractivity (Wildman–Crippen MR) is 126 cm³/mol. The zero-order valence-corrected chi connectivity index (χ0v) is 19.1. The summed E-state index contributed by atoms with van der Waals surface area (Å²) in [5, 5.41) is 0.520. The Hall–Kier alpha value is -4.02. The molecule has 0 aliphatic rings. The predicted octanol–water partition coefficient (Wildman–Crippen LogP) is 1.53. The first-order valence-corrected chi connectivity index (χ1v) is 11.2. The standard InChI is InChI=1S/C23H26N6O5/c1-3-4-12-29-20-19(22(32)27-23(29)33)28(2)17(26-20)13-34-18(30)11-7-10-16-24-15-9-6-5-8-14(15)21(31)25-16/h5-6,8-9H,3-4,7,10-13H2,1-2H3,(H,24,25,31)(H,27,32,33). The number of ether oxygens (including phenoxy) is 1. The molecule has 0 unspecified atom stereocenters. The quantitative estimate of drug-likeness (QED) is 0.356. The Morgan fingerprint density at radius 3 is 2.65 bits per heavy atom. The number of hydrogen-bond acceptors (Lipinski definition) is 7. The third-order valence-electron chi connectivity index (χ3n) is 5.66. The van der Waals surface area contributed by atoms with Gasteiger partial charge in [0, 0.05) is 26.4 Å². The van der Waals surface area contributed by atoms with Crippen LogP contribution in [0.15, 0.2) is 38.6 Å². The lowest BCUT2D eigenvalue weighted by Crippen LogP contribution is -2.31. The molecule has 34 heavy (non-hydrogen) atoms. The van der Waals surface area contributed by atoms with Gasteiger partial charge in [-0.25, -0.2) is 14.8 Å². The van der Waals surface area contributed by atoms with Crippen LogP contribution in [0.4, 0.5) is 0 Å². The molecular weight excluding hydrogens is 440 g/mol. The number of H-pyrrole nitrogens is 2. The van der Waals surface area contributed by atoms with Gasteiger partial charge in [-0.1, -0.05) is 25.5 Å². The smallest absolute Gasteiger partial charge is 0.330 e. The average molecular weight is 466 g/mol. The highest BCUT2D eigenvalue weighted by molar-refractivity contribution is 5.77. The van der Waals surface area contributed by atoms with Crippen LogP contribution in [0.25, 0.3) is 22.1 Å². The van der Waals surface area contributed by atoms with Crippen LogP contribution >= 0.6 is 0 Å². The highest BCUT2D eigenvalue weighted by Crippen LogP contribution is 2.12. The molecule has 0 amide bonds. The Labute approximate surface area is 193 Å². The first-order valence-electron chi connectivity index (χ1n) is 11.2. The summed E-state index contributed by atoms with van der Waals surface area (Å²) in [4.78, 5) is 62.8. The number of para-hydroxylation sites is 1. The number of fused-ring (bicyclic) bond motifs is 2. The number of unbranched alkanes of at least 4 members (excludes halogenated alkanes) is 1. The molecule has 0 aliphatic heterocycles. The number of aromatic nitrogens is 6. The number of rotatable bonds is 9. The van der Waals surface area contributed by atoms with Gasteiger partial charge in [0.15, 0.2) is 11.2 Å². The molecule has 0 atom stereocenters. The number of hydrogen-bond donors (Lipinski definition) is 2. The van der Waals surface area contributed by atoms with E-state index in [4.69, 9.17) is 4.74 Å². The number of aryl methyl sites for hydroxylation is 3. The highest BCUT2D eigenvalue weighted by atomic mass is 16.5. The number of aromatic amines is 2. The fourth-order valence-electron chi connectivity index (χ4n) is 3.81. The molecule has 0 bridgehead atoms. The lowest BCUT2D eigenvalue weighted by atomic mass is 10.2. The summed E-state index contributed by atoms with van der Waals surface area (Å²) in [6.45, 7) is 2.31. The summed E-state index contributed by atoms with van der Waals surface area (Å²) >= 11 is 0. The number of benzene rings is 1. The molecule has 11 nitrogen and oxygen atoms in total. The van der Waals surface area contributed by atoms with Gasteiger partial charge in [0.25, 0.3) is 11.1 Å². The minimum Gasteiger partial charge on any atom is -0.458 e. The van der Waals surface area contributed by atoms with E-state index in [0.29, 0.717) is 41.9 Å². The summed E-state index contributed by atoms with van der Waals surface area (Å²) in [5.41, 5.74) is -0.101. The van der Waals surface area contributed by atoms with Crippen molar-refractivity contribution in [1.82, 2.24) is 29.1 Å². The van der Waals surface area contributed by atoms with Crippen LogP contribution in [0.5, 0.6) is 0 Å². The fraction of sp³-hybridized carbons (Fsp3) is 0.391. The van der Waals surface area contributed by atoms with Gasteiger partial charge in [0.2, 0.25) is 0 Å². The SMILES string of the molecule is CCCCn1c(=O)[nH]c(=O)c2c1nc(COC(=O)CCCc1nc3ccccc3c(=O)[nH]1)n2C. The molecule has 11 heteroatoms. The molecule has 4 aromatic rings. The van der Waals surface area contributed by atoms with E-state index in [1.165, 1.54) is 9.13 Å². The minimum absolute atomic E-state index is 0.127. The fourth-order valence-corrected chi connectivity index (χ4v) is 3.81. The number of carbonyl (C=O) groups is 1. The van der Waals surface area contributed by atoms with E-state index in [1.807, 2.05) is 13.0 Å². The van der Waals surface area contributed by atoms with Gasteiger partial charge in [-0.2, -0.15) is 0 Å². The molecule has 178 valence electrons. The summed E-state index contributed by atoms with van der Waals surface area (Å²) in [7, 11) is 1.64. The molecule has 0 spiro atoms. The molecule has 3 heterocycles. The van der Waals surface area contributed by atoms with E-state index < -0.39 is 17.2 Å². The lowest BCUT2D eigenvalue weighted by molar-refractivity contribution is -0.145. The van der Waals surface area contributed by atoms with Crippen LogP contribution in [-0.4, -0.2) is 35.0 Å². The van der Waals surface area contributed by atoms with Crippen molar-refractivity contribution in [2.75, 3.05) is 0 Å². The van der Waals surface area contributed by atoms with Gasteiger partial charge >= 0.3 is 11.7 Å². The van der Waals surface area contributed by atoms with Gasteiger partial charge in [0.1, 0.15) is 18.3 Å². The second-order valence-electron chi connectivity index (χ2n) is 8.07. The van der Waals surface area contributed by atoms with Crippen LogP contribution in [0.1, 0.15) is 44.3 Å². The molecular formula is C23H26N6O5. The molecule has 4 rings (SSSR count). The van der Waals surface area contributed by atoms with Crippen LogP contribution in [0.3, 0.4) is 0 Å². The average Bonchev–Trinajstić information content (AvgIpc) is 3.14. The molecule has 1 aromatic carbocycles. The molecule has 2 N–H and O–H groups in total. The zero-order valence-electron chi connectivity index (χ0n) is 19.1. The topological polar surface area (TPSA) is 145 Å². The van der Waals surface area contributed by atoms with E-state index in [-0.39, 0.29) is 29.8 Å². The second kappa shape index (κ2) is 9.86. The van der Waals surface area contributed by atoms with Crippen LogP contribution in [-0.2, 0) is 36.2 Å². The summed E-state index contributed by atoms with van der Waals surface area (Å²) in [5.74, 6) is 0.439. The van der Waals surface area contributed by atoms with Gasteiger partial charge in [-0.05, 0) is 25.0 Å². The normalized spacial score (nSPS) is 11.4. The van der Waals surface area contributed by atoms with Gasteiger partial charge < -0.3 is 14.3 Å². The monoisotopic (exact) mass is 466 g/mol. The van der Waals surface area contributed by atoms with E-state index in [9.17, 15) is 19.2 Å². The molecule has 0 saturated carbocycles. The maximum absolute atomic E-state index is 12.3. The number of nitrogens with zero attached hydrogens (tertiary/aromatic N) is 4. The van der Waals surface area contributed by atoms with Crippen LogP contribution in [0, 0.1) is 0 Å². The molecule has 0 fully saturated rings. The van der Waals surface area contributed by atoms with Crippen molar-refractivity contribution in [1.29, 1.82) is 0 Å². The Kier molecular flexibility index (Phi) is 6.71. The minimum atomic E-state index is -0.530. The van der Waals surface area contributed by atoms with Gasteiger partial charge in [-0.15, -0.1) is 0 Å². The number of esters is 1. The van der Waals surface area contributed by atoms with E-state index >= 15 is 0 Å². The van der Waals surface area contributed by atoms with Crippen molar-refractivity contribution in [2.24, 2.45) is 7.05 Å². The Morgan fingerprint density at radius 1 is 1.06 bits per heavy atom. The first kappa shape index (κ1) is 23.1. The van der Waals surface area contributed by atoms with Crippen molar-refractivity contribution in [3.05, 3.63) is 67.1 Å². The van der Waals surface area contributed by atoms with Crippen molar-refractivity contribution < 1.29 is 9.53 Å². The van der Waals surface area contributed by atoms with Crippen LogP contribution in [0.2, 0.25) is 0 Å². The molecule has 0 aliphatic carbocycles. The van der Waals surface area contributed by atoms with Crippen molar-refractivity contribution >= 4 is 28.0 Å². The van der Waals surface area contributed by atoms with E-state index in [2.05, 4.69) is 19.9 Å². The molecule has 3 aromatic heterocycles. The third kappa shape index (κ3) is 4.68. The lowest BCUT2D eigenvalue weighted by Gasteiger charge is -2.05. The summed E-state index contributed by atoms with van der Waals surface area (Å²) in [6.07, 6.45) is 2.63. The highest BCUT2D eigenvalue weighted by Gasteiger charge is 2.17. The Bertz CT molecular complexity index is 1530.